The molecule has 2 aromatic carbocycles. The van der Waals surface area contributed by atoms with Crippen LogP contribution < -0.4 is 15.2 Å². The van der Waals surface area contributed by atoms with E-state index in [4.69, 9.17) is 16.7 Å². The first-order chi connectivity index (χ1) is 9.85. The molecule has 21 heavy (non-hydrogen) atoms. The van der Waals surface area contributed by atoms with E-state index >= 15 is 0 Å². The van der Waals surface area contributed by atoms with Crippen molar-refractivity contribution in [2.45, 2.75) is 13.0 Å². The van der Waals surface area contributed by atoms with Crippen molar-refractivity contribution in [2.75, 3.05) is 10.0 Å². The van der Waals surface area contributed by atoms with Crippen LogP contribution in [0.2, 0.25) is 5.02 Å². The summed E-state index contributed by atoms with van der Waals surface area (Å²) in [4.78, 5) is 0. The van der Waals surface area contributed by atoms with Gasteiger partial charge in [0.2, 0.25) is 0 Å². The summed E-state index contributed by atoms with van der Waals surface area (Å²) in [7, 11) is -3.78. The van der Waals surface area contributed by atoms with Crippen LogP contribution in [0, 0.1) is 0 Å². The lowest BCUT2D eigenvalue weighted by atomic mass is 10.1. The van der Waals surface area contributed by atoms with E-state index in [-0.39, 0.29) is 6.04 Å². The van der Waals surface area contributed by atoms with Crippen LogP contribution in [0.1, 0.15) is 18.5 Å². The molecule has 0 radical (unpaired) electrons. The first kappa shape index (κ1) is 15.6. The zero-order valence-electron chi connectivity index (χ0n) is 11.4. The average molecular weight is 326 g/mol. The Morgan fingerprint density at radius 2 is 1.76 bits per heavy atom. The molecule has 0 saturated carbocycles. The second kappa shape index (κ2) is 6.34. The summed E-state index contributed by atoms with van der Waals surface area (Å²) in [5.41, 5.74) is 2.12. The van der Waals surface area contributed by atoms with E-state index in [1.165, 1.54) is 0 Å². The number of anilines is 2. The Labute approximate surface area is 129 Å². The van der Waals surface area contributed by atoms with Crippen molar-refractivity contribution >= 4 is 33.2 Å². The summed E-state index contributed by atoms with van der Waals surface area (Å²) >= 11 is 6.16. The lowest BCUT2D eigenvalue weighted by molar-refractivity contribution is 0.603. The zero-order chi connectivity index (χ0) is 15.5. The molecule has 0 amide bonds. The third-order valence-corrected chi connectivity index (χ3v) is 3.74. The second-order valence-corrected chi connectivity index (χ2v) is 6.32. The van der Waals surface area contributed by atoms with Gasteiger partial charge in [0.1, 0.15) is 0 Å². The molecule has 4 N–H and O–H groups in total. The topological polar surface area (TPSA) is 84.2 Å². The van der Waals surface area contributed by atoms with E-state index in [9.17, 15) is 8.42 Å². The number of rotatable bonds is 5. The van der Waals surface area contributed by atoms with Crippen LogP contribution >= 0.6 is 11.6 Å². The van der Waals surface area contributed by atoms with Crippen molar-refractivity contribution < 1.29 is 8.42 Å². The van der Waals surface area contributed by atoms with Crippen molar-refractivity contribution in [3.63, 3.8) is 0 Å². The van der Waals surface area contributed by atoms with E-state index in [1.807, 2.05) is 37.3 Å². The first-order valence-corrected chi connectivity index (χ1v) is 8.19. The van der Waals surface area contributed by atoms with E-state index in [0.717, 1.165) is 11.3 Å². The summed E-state index contributed by atoms with van der Waals surface area (Å²) in [6.07, 6.45) is 0. The molecule has 0 aliphatic rings. The highest BCUT2D eigenvalue weighted by Gasteiger charge is 2.09. The molecule has 1 unspecified atom stereocenters. The van der Waals surface area contributed by atoms with Crippen LogP contribution in [-0.2, 0) is 10.2 Å². The lowest BCUT2D eigenvalue weighted by Gasteiger charge is -2.17. The molecule has 0 fully saturated rings. The fourth-order valence-corrected chi connectivity index (χ4v) is 2.75. The van der Waals surface area contributed by atoms with E-state index in [1.54, 1.807) is 18.2 Å². The number of nitrogens with one attached hydrogen (secondary N) is 2. The molecule has 5 nitrogen and oxygen atoms in total. The van der Waals surface area contributed by atoms with E-state index < -0.39 is 10.2 Å². The van der Waals surface area contributed by atoms with Crippen LogP contribution in [0.4, 0.5) is 11.4 Å². The number of nitrogens with two attached hydrogens (primary N) is 1. The molecule has 0 spiro atoms. The molecule has 0 heterocycles. The van der Waals surface area contributed by atoms with Crippen molar-refractivity contribution in [3.05, 3.63) is 59.1 Å². The van der Waals surface area contributed by atoms with Crippen molar-refractivity contribution in [3.8, 4) is 0 Å². The van der Waals surface area contributed by atoms with Crippen LogP contribution in [0.25, 0.3) is 0 Å². The quantitative estimate of drug-likeness (QED) is 0.789. The monoisotopic (exact) mass is 325 g/mol. The van der Waals surface area contributed by atoms with Gasteiger partial charge in [-0.1, -0.05) is 35.9 Å². The van der Waals surface area contributed by atoms with E-state index in [2.05, 4.69) is 10.0 Å². The zero-order valence-corrected chi connectivity index (χ0v) is 12.9. The Kier molecular flexibility index (Phi) is 4.72. The highest BCUT2D eigenvalue weighted by molar-refractivity contribution is 7.90. The Morgan fingerprint density at radius 1 is 1.10 bits per heavy atom. The number of hydrogen-bond donors (Lipinski definition) is 3. The van der Waals surface area contributed by atoms with Gasteiger partial charge in [0, 0.05) is 16.8 Å². The molecule has 2 rings (SSSR count). The summed E-state index contributed by atoms with van der Waals surface area (Å²) in [6, 6.07) is 14.4. The molecule has 112 valence electrons. The van der Waals surface area contributed by atoms with Gasteiger partial charge in [0.05, 0.1) is 5.69 Å². The minimum absolute atomic E-state index is 0.0246. The van der Waals surface area contributed by atoms with Gasteiger partial charge >= 0.3 is 0 Å². The first-order valence-electron chi connectivity index (χ1n) is 6.27. The molecule has 0 bridgehead atoms. The maximum atomic E-state index is 11.0. The second-order valence-electron chi connectivity index (χ2n) is 4.62. The predicted molar refractivity (Wildman–Crippen MR) is 86.7 cm³/mol. The largest absolute Gasteiger partial charge is 0.378 e. The summed E-state index contributed by atoms with van der Waals surface area (Å²) in [5, 5.41) is 8.90. The van der Waals surface area contributed by atoms with Gasteiger partial charge in [-0.05, 0) is 36.8 Å². The Hall–Kier alpha value is -1.76. The lowest BCUT2D eigenvalue weighted by Crippen LogP contribution is -2.21. The average Bonchev–Trinajstić information content (AvgIpc) is 2.37. The molecule has 7 heteroatoms. The fourth-order valence-electron chi connectivity index (χ4n) is 1.99. The highest BCUT2D eigenvalue weighted by Crippen LogP contribution is 2.26. The Balaban J connectivity index is 2.16. The van der Waals surface area contributed by atoms with Crippen LogP contribution in [-0.4, -0.2) is 8.42 Å². The summed E-state index contributed by atoms with van der Waals surface area (Å²) in [6.45, 7) is 1.97. The van der Waals surface area contributed by atoms with Gasteiger partial charge < -0.3 is 5.32 Å². The molecule has 0 aromatic heterocycles. The number of halogens is 1. The van der Waals surface area contributed by atoms with Crippen molar-refractivity contribution in [1.29, 1.82) is 0 Å². The predicted octanol–water partition coefficient (Wildman–Crippen LogP) is 3.13. The molecule has 2 aromatic rings. The summed E-state index contributed by atoms with van der Waals surface area (Å²) in [5.74, 6) is 0. The molecular weight excluding hydrogens is 310 g/mol. The molecule has 0 aliphatic carbocycles. The maximum Gasteiger partial charge on any atom is 0.296 e. The van der Waals surface area contributed by atoms with Gasteiger partial charge in [-0.2, -0.15) is 8.42 Å². The van der Waals surface area contributed by atoms with Crippen LogP contribution in [0.15, 0.2) is 48.5 Å². The van der Waals surface area contributed by atoms with Crippen molar-refractivity contribution in [1.82, 2.24) is 0 Å². The standard InChI is InChI=1S/C14H16ClN3O2S/c1-10(13-7-2-3-8-14(13)15)17-11-5-4-6-12(9-11)18-21(16,19)20/h2-10,17-18H,1H3,(H2,16,19,20). The molecular formula is C14H16ClN3O2S. The van der Waals surface area contributed by atoms with E-state index in [0.29, 0.717) is 10.7 Å². The molecule has 0 saturated heterocycles. The highest BCUT2D eigenvalue weighted by atomic mass is 35.5. The normalized spacial score (nSPS) is 12.7. The Morgan fingerprint density at radius 3 is 2.43 bits per heavy atom. The van der Waals surface area contributed by atoms with Gasteiger partial charge in [-0.25, -0.2) is 5.14 Å². The van der Waals surface area contributed by atoms with Crippen LogP contribution in [0.3, 0.4) is 0 Å². The van der Waals surface area contributed by atoms with Gasteiger partial charge in [-0.3, -0.25) is 4.72 Å². The van der Waals surface area contributed by atoms with Gasteiger partial charge in [-0.15, -0.1) is 0 Å². The third-order valence-electron chi connectivity index (χ3n) is 2.88. The van der Waals surface area contributed by atoms with Gasteiger partial charge in [0.25, 0.3) is 10.2 Å². The molecule has 1 atom stereocenters. The number of benzene rings is 2. The minimum Gasteiger partial charge on any atom is -0.378 e. The Bertz CT molecular complexity index is 735. The van der Waals surface area contributed by atoms with Crippen LogP contribution in [0.5, 0.6) is 0 Å². The third kappa shape index (κ3) is 4.63. The van der Waals surface area contributed by atoms with Gasteiger partial charge in [0.15, 0.2) is 0 Å². The summed E-state index contributed by atoms with van der Waals surface area (Å²) < 4.78 is 24.3. The van der Waals surface area contributed by atoms with Crippen molar-refractivity contribution in [2.24, 2.45) is 5.14 Å². The SMILES string of the molecule is CC(Nc1cccc(NS(N)(=O)=O)c1)c1ccccc1Cl. The number of hydrogen-bond acceptors (Lipinski definition) is 3. The molecule has 0 aliphatic heterocycles. The maximum absolute atomic E-state index is 11.0. The minimum atomic E-state index is -3.78. The fraction of sp³-hybridized carbons (Fsp3) is 0.143. The smallest absolute Gasteiger partial charge is 0.296 e.